The monoisotopic (exact) mass is 393 g/mol. The summed E-state index contributed by atoms with van der Waals surface area (Å²) in [7, 11) is 1.59. The molecule has 8 heteroatoms. The lowest BCUT2D eigenvalue weighted by Gasteiger charge is -2.18. The lowest BCUT2D eigenvalue weighted by atomic mass is 10.0. The van der Waals surface area contributed by atoms with Crippen molar-refractivity contribution in [3.05, 3.63) is 72.4 Å². The lowest BCUT2D eigenvalue weighted by molar-refractivity contribution is -0.122. The van der Waals surface area contributed by atoms with Gasteiger partial charge >= 0.3 is 0 Å². The van der Waals surface area contributed by atoms with Crippen molar-refractivity contribution < 1.29 is 14.3 Å². The Morgan fingerprint density at radius 1 is 1.17 bits per heavy atom. The molecule has 1 aromatic carbocycles. The molecular weight excluding hydrogens is 370 g/mol. The third-order valence-corrected chi connectivity index (χ3v) is 4.35. The van der Waals surface area contributed by atoms with E-state index in [0.29, 0.717) is 12.3 Å². The first-order valence-corrected chi connectivity index (χ1v) is 9.16. The Balaban J connectivity index is 1.62. The molecule has 3 aromatic rings. The molecule has 2 N–H and O–H groups in total. The van der Waals surface area contributed by atoms with E-state index in [-0.39, 0.29) is 18.2 Å². The average molecular weight is 393 g/mol. The summed E-state index contributed by atoms with van der Waals surface area (Å²) in [5.41, 5.74) is 1.75. The molecule has 0 aliphatic heterocycles. The molecule has 0 saturated carbocycles. The summed E-state index contributed by atoms with van der Waals surface area (Å²) < 4.78 is 6.95. The van der Waals surface area contributed by atoms with Crippen LogP contribution in [0.3, 0.4) is 0 Å². The fraction of sp³-hybridized carbons (Fsp3) is 0.238. The summed E-state index contributed by atoms with van der Waals surface area (Å²) >= 11 is 0. The Kier molecular flexibility index (Phi) is 6.57. The third-order valence-electron chi connectivity index (χ3n) is 4.35. The van der Waals surface area contributed by atoms with Crippen LogP contribution in [-0.4, -0.2) is 33.5 Å². The maximum absolute atomic E-state index is 12.5. The van der Waals surface area contributed by atoms with Crippen LogP contribution in [0, 0.1) is 0 Å². The minimum absolute atomic E-state index is 0.130. The van der Waals surface area contributed by atoms with Crippen LogP contribution in [0.25, 0.3) is 5.82 Å². The Labute approximate surface area is 168 Å². The fourth-order valence-electron chi connectivity index (χ4n) is 2.90. The number of hydrogen-bond acceptors (Lipinski definition) is 5. The number of rotatable bonds is 8. The van der Waals surface area contributed by atoms with E-state index in [0.717, 1.165) is 16.9 Å². The van der Waals surface area contributed by atoms with Gasteiger partial charge in [0.05, 0.1) is 19.6 Å². The predicted octanol–water partition coefficient (Wildman–Crippen LogP) is 2.16. The smallest absolute Gasteiger partial charge is 0.222 e. The minimum Gasteiger partial charge on any atom is -0.497 e. The van der Waals surface area contributed by atoms with Gasteiger partial charge in [0.2, 0.25) is 11.8 Å². The number of carbonyl (C=O) groups is 2. The van der Waals surface area contributed by atoms with Gasteiger partial charge in [0.15, 0.2) is 0 Å². The van der Waals surface area contributed by atoms with Crippen LogP contribution in [0.2, 0.25) is 0 Å². The number of methoxy groups -OCH3 is 1. The Morgan fingerprint density at radius 3 is 2.62 bits per heavy atom. The molecule has 0 spiro atoms. The highest BCUT2D eigenvalue weighted by molar-refractivity contribution is 5.79. The van der Waals surface area contributed by atoms with Gasteiger partial charge in [-0.3, -0.25) is 14.2 Å². The van der Waals surface area contributed by atoms with E-state index in [1.54, 1.807) is 48.7 Å². The molecule has 1 unspecified atom stereocenters. The van der Waals surface area contributed by atoms with Gasteiger partial charge in [0.1, 0.15) is 17.9 Å². The van der Waals surface area contributed by atoms with E-state index < -0.39 is 6.04 Å². The number of amides is 2. The van der Waals surface area contributed by atoms with Gasteiger partial charge in [-0.05, 0) is 35.4 Å². The molecule has 0 saturated heterocycles. The largest absolute Gasteiger partial charge is 0.497 e. The van der Waals surface area contributed by atoms with Gasteiger partial charge in [-0.1, -0.05) is 12.1 Å². The number of imidazole rings is 1. The zero-order valence-electron chi connectivity index (χ0n) is 16.3. The average Bonchev–Trinajstić information content (AvgIpc) is 3.27. The summed E-state index contributed by atoms with van der Waals surface area (Å²) in [5, 5.41) is 5.73. The lowest BCUT2D eigenvalue weighted by Crippen LogP contribution is -2.32. The molecule has 0 radical (unpaired) electrons. The summed E-state index contributed by atoms with van der Waals surface area (Å²) in [6.45, 7) is 1.79. The molecule has 1 atom stereocenters. The van der Waals surface area contributed by atoms with Crippen molar-refractivity contribution in [3.63, 3.8) is 0 Å². The number of carbonyl (C=O) groups excluding carboxylic acids is 2. The molecule has 2 amide bonds. The molecule has 3 rings (SSSR count). The maximum atomic E-state index is 12.5. The number of benzene rings is 1. The molecule has 150 valence electrons. The first-order valence-electron chi connectivity index (χ1n) is 9.16. The van der Waals surface area contributed by atoms with Crippen molar-refractivity contribution in [2.45, 2.75) is 25.9 Å². The molecule has 0 aliphatic rings. The number of aromatic nitrogens is 3. The van der Waals surface area contributed by atoms with Crippen LogP contribution >= 0.6 is 0 Å². The van der Waals surface area contributed by atoms with Crippen molar-refractivity contribution in [1.29, 1.82) is 0 Å². The van der Waals surface area contributed by atoms with Gasteiger partial charge < -0.3 is 15.4 Å². The topological polar surface area (TPSA) is 98.1 Å². The Morgan fingerprint density at radius 2 is 1.97 bits per heavy atom. The van der Waals surface area contributed by atoms with E-state index in [1.807, 2.05) is 24.3 Å². The van der Waals surface area contributed by atoms with Crippen molar-refractivity contribution in [2.75, 3.05) is 7.11 Å². The van der Waals surface area contributed by atoms with E-state index in [1.165, 1.54) is 6.92 Å². The fourth-order valence-corrected chi connectivity index (χ4v) is 2.90. The van der Waals surface area contributed by atoms with Gasteiger partial charge in [0.25, 0.3) is 0 Å². The van der Waals surface area contributed by atoms with Crippen LogP contribution < -0.4 is 15.4 Å². The molecule has 0 aliphatic carbocycles. The summed E-state index contributed by atoms with van der Waals surface area (Å²) in [5.74, 6) is 1.08. The van der Waals surface area contributed by atoms with Crippen molar-refractivity contribution in [2.24, 2.45) is 0 Å². The summed E-state index contributed by atoms with van der Waals surface area (Å²) in [6.07, 6.45) is 6.96. The molecule has 2 aromatic heterocycles. The normalized spacial score (nSPS) is 11.5. The summed E-state index contributed by atoms with van der Waals surface area (Å²) in [6, 6.07) is 10.6. The SMILES string of the molecule is COc1ccc(C(CC(=O)NCc2ccnc(-n3ccnc3)c2)NC(C)=O)cc1. The quantitative estimate of drug-likeness (QED) is 0.611. The van der Waals surface area contributed by atoms with Crippen LogP contribution in [0.1, 0.15) is 30.5 Å². The zero-order valence-corrected chi connectivity index (χ0v) is 16.3. The van der Waals surface area contributed by atoms with E-state index in [9.17, 15) is 9.59 Å². The first kappa shape index (κ1) is 20.1. The van der Waals surface area contributed by atoms with Gasteiger partial charge in [-0.2, -0.15) is 0 Å². The first-order chi connectivity index (χ1) is 14.0. The zero-order chi connectivity index (χ0) is 20.6. The number of nitrogens with one attached hydrogen (secondary N) is 2. The second-order valence-electron chi connectivity index (χ2n) is 6.50. The Bertz CT molecular complexity index is 955. The molecule has 0 fully saturated rings. The molecule has 8 nitrogen and oxygen atoms in total. The van der Waals surface area contributed by atoms with Crippen LogP contribution in [0.4, 0.5) is 0 Å². The highest BCUT2D eigenvalue weighted by atomic mass is 16.5. The van der Waals surface area contributed by atoms with Crippen LogP contribution in [0.15, 0.2) is 61.3 Å². The summed E-state index contributed by atoms with van der Waals surface area (Å²) in [4.78, 5) is 32.4. The van der Waals surface area contributed by atoms with Crippen molar-refractivity contribution >= 4 is 11.8 Å². The molecule has 29 heavy (non-hydrogen) atoms. The molecular formula is C21H23N5O3. The van der Waals surface area contributed by atoms with E-state index >= 15 is 0 Å². The third kappa shape index (κ3) is 5.65. The minimum atomic E-state index is -0.419. The van der Waals surface area contributed by atoms with Gasteiger partial charge in [0, 0.05) is 32.1 Å². The molecule has 2 heterocycles. The van der Waals surface area contributed by atoms with E-state index in [2.05, 4.69) is 20.6 Å². The highest BCUT2D eigenvalue weighted by Crippen LogP contribution is 2.20. The maximum Gasteiger partial charge on any atom is 0.222 e. The van der Waals surface area contributed by atoms with Crippen LogP contribution in [0.5, 0.6) is 5.75 Å². The number of nitrogens with zero attached hydrogens (tertiary/aromatic N) is 3. The van der Waals surface area contributed by atoms with Gasteiger partial charge in [-0.25, -0.2) is 9.97 Å². The Hall–Kier alpha value is -3.68. The number of hydrogen-bond donors (Lipinski definition) is 2. The number of ether oxygens (including phenoxy) is 1. The second kappa shape index (κ2) is 9.50. The van der Waals surface area contributed by atoms with E-state index in [4.69, 9.17) is 4.74 Å². The number of pyridine rings is 1. The highest BCUT2D eigenvalue weighted by Gasteiger charge is 2.17. The molecule has 0 bridgehead atoms. The standard InChI is InChI=1S/C21H23N5O3/c1-15(27)25-19(17-3-5-18(29-2)6-4-17)12-21(28)24-13-16-7-8-23-20(11-16)26-10-9-22-14-26/h3-11,14,19H,12-13H2,1-2H3,(H,24,28)(H,25,27). The van der Waals surface area contributed by atoms with Crippen molar-refractivity contribution in [3.8, 4) is 11.6 Å². The van der Waals surface area contributed by atoms with Crippen LogP contribution in [-0.2, 0) is 16.1 Å². The second-order valence-corrected chi connectivity index (χ2v) is 6.50. The van der Waals surface area contributed by atoms with Gasteiger partial charge in [-0.15, -0.1) is 0 Å². The van der Waals surface area contributed by atoms with Crippen molar-refractivity contribution in [1.82, 2.24) is 25.2 Å². The predicted molar refractivity (Wildman–Crippen MR) is 107 cm³/mol.